The van der Waals surface area contributed by atoms with Gasteiger partial charge in [-0.1, -0.05) is 18.2 Å². The molecule has 0 aliphatic rings. The quantitative estimate of drug-likeness (QED) is 0.777. The number of anilines is 1. The van der Waals surface area contributed by atoms with E-state index in [1.54, 1.807) is 29.2 Å². The van der Waals surface area contributed by atoms with Crippen molar-refractivity contribution in [2.75, 3.05) is 5.32 Å². The van der Waals surface area contributed by atoms with Crippen molar-refractivity contribution in [2.45, 2.75) is 33.2 Å². The predicted octanol–water partition coefficient (Wildman–Crippen LogP) is 2.83. The highest BCUT2D eigenvalue weighted by molar-refractivity contribution is 5.89. The number of hydrogen-bond acceptors (Lipinski definition) is 4. The SMILES string of the molecule is Cc1ccc(NC(=O)CCCn2cnc3c(C)cccc3c2=O)nc1. The van der Waals surface area contributed by atoms with Crippen molar-refractivity contribution in [1.82, 2.24) is 14.5 Å². The van der Waals surface area contributed by atoms with Crippen LogP contribution in [0.1, 0.15) is 24.0 Å². The Labute approximate surface area is 145 Å². The third-order valence-electron chi connectivity index (χ3n) is 4.04. The second kappa shape index (κ2) is 7.25. The zero-order valence-corrected chi connectivity index (χ0v) is 14.3. The van der Waals surface area contributed by atoms with Gasteiger partial charge in [0, 0.05) is 19.2 Å². The molecule has 2 heterocycles. The molecule has 0 aliphatic heterocycles. The van der Waals surface area contributed by atoms with Gasteiger partial charge >= 0.3 is 0 Å². The highest BCUT2D eigenvalue weighted by Gasteiger charge is 2.07. The molecule has 3 rings (SSSR count). The number of carbonyl (C=O) groups excluding carboxylic acids is 1. The van der Waals surface area contributed by atoms with Gasteiger partial charge in [-0.25, -0.2) is 9.97 Å². The molecule has 0 saturated carbocycles. The van der Waals surface area contributed by atoms with Crippen LogP contribution >= 0.6 is 0 Å². The Hall–Kier alpha value is -3.02. The molecule has 128 valence electrons. The third-order valence-corrected chi connectivity index (χ3v) is 4.04. The van der Waals surface area contributed by atoms with Crippen LogP contribution in [-0.4, -0.2) is 20.4 Å². The number of nitrogens with zero attached hydrogens (tertiary/aromatic N) is 3. The van der Waals surface area contributed by atoms with Crippen LogP contribution in [0.5, 0.6) is 0 Å². The Kier molecular flexibility index (Phi) is 4.88. The number of fused-ring (bicyclic) bond motifs is 1. The standard InChI is InChI=1S/C19H20N4O2/c1-13-8-9-16(20-11-13)22-17(24)7-4-10-23-12-21-18-14(2)5-3-6-15(18)19(23)25/h3,5-6,8-9,11-12H,4,7,10H2,1-2H3,(H,20,22,24). The zero-order chi connectivity index (χ0) is 17.8. The van der Waals surface area contributed by atoms with E-state index < -0.39 is 0 Å². The van der Waals surface area contributed by atoms with E-state index in [0.717, 1.165) is 16.6 Å². The Morgan fingerprint density at radius 3 is 2.76 bits per heavy atom. The lowest BCUT2D eigenvalue weighted by Crippen LogP contribution is -2.22. The van der Waals surface area contributed by atoms with Gasteiger partial charge in [0.05, 0.1) is 17.2 Å². The average Bonchev–Trinajstić information content (AvgIpc) is 2.60. The van der Waals surface area contributed by atoms with E-state index in [2.05, 4.69) is 15.3 Å². The van der Waals surface area contributed by atoms with Crippen LogP contribution in [0.25, 0.3) is 10.9 Å². The lowest BCUT2D eigenvalue weighted by atomic mass is 10.1. The first-order valence-electron chi connectivity index (χ1n) is 8.22. The number of nitrogens with one attached hydrogen (secondary N) is 1. The monoisotopic (exact) mass is 336 g/mol. The predicted molar refractivity (Wildman–Crippen MR) is 97.6 cm³/mol. The number of aromatic nitrogens is 3. The number of pyridine rings is 1. The second-order valence-electron chi connectivity index (χ2n) is 6.09. The van der Waals surface area contributed by atoms with Crippen molar-refractivity contribution in [1.29, 1.82) is 0 Å². The van der Waals surface area contributed by atoms with Gasteiger partial charge in [0.25, 0.3) is 5.56 Å². The van der Waals surface area contributed by atoms with E-state index in [1.807, 2.05) is 32.0 Å². The molecular weight excluding hydrogens is 316 g/mol. The maximum atomic E-state index is 12.5. The molecular formula is C19H20N4O2. The van der Waals surface area contributed by atoms with E-state index >= 15 is 0 Å². The molecule has 0 spiro atoms. The van der Waals surface area contributed by atoms with E-state index in [-0.39, 0.29) is 11.5 Å². The van der Waals surface area contributed by atoms with Crippen molar-refractivity contribution >= 4 is 22.6 Å². The Bertz CT molecular complexity index is 961. The molecule has 0 fully saturated rings. The molecule has 0 unspecified atom stereocenters. The fourth-order valence-corrected chi connectivity index (χ4v) is 2.65. The summed E-state index contributed by atoms with van der Waals surface area (Å²) in [5.74, 6) is 0.421. The van der Waals surface area contributed by atoms with Gasteiger partial charge in [-0.3, -0.25) is 14.2 Å². The van der Waals surface area contributed by atoms with Crippen LogP contribution in [-0.2, 0) is 11.3 Å². The Morgan fingerprint density at radius 2 is 2.00 bits per heavy atom. The molecule has 1 amide bonds. The molecule has 0 aliphatic carbocycles. The molecule has 2 aromatic heterocycles. The fraction of sp³-hybridized carbons (Fsp3) is 0.263. The summed E-state index contributed by atoms with van der Waals surface area (Å²) in [6.07, 6.45) is 4.12. The second-order valence-corrected chi connectivity index (χ2v) is 6.09. The van der Waals surface area contributed by atoms with Gasteiger partial charge in [0.2, 0.25) is 5.91 Å². The van der Waals surface area contributed by atoms with E-state index in [4.69, 9.17) is 0 Å². The minimum absolute atomic E-state index is 0.0747. The molecule has 0 radical (unpaired) electrons. The molecule has 6 nitrogen and oxygen atoms in total. The Balaban J connectivity index is 1.61. The topological polar surface area (TPSA) is 76.9 Å². The summed E-state index contributed by atoms with van der Waals surface area (Å²) in [5.41, 5.74) is 2.67. The molecule has 1 aromatic carbocycles. The average molecular weight is 336 g/mol. The molecule has 6 heteroatoms. The highest BCUT2D eigenvalue weighted by atomic mass is 16.1. The van der Waals surface area contributed by atoms with E-state index in [9.17, 15) is 9.59 Å². The minimum Gasteiger partial charge on any atom is -0.311 e. The number of amides is 1. The number of carbonyl (C=O) groups is 1. The number of rotatable bonds is 5. The van der Waals surface area contributed by atoms with Crippen molar-refractivity contribution in [3.05, 3.63) is 64.3 Å². The molecule has 0 saturated heterocycles. The van der Waals surface area contributed by atoms with Gasteiger partial charge in [-0.15, -0.1) is 0 Å². The normalized spacial score (nSPS) is 10.8. The lowest BCUT2D eigenvalue weighted by molar-refractivity contribution is -0.116. The number of hydrogen-bond donors (Lipinski definition) is 1. The summed E-state index contributed by atoms with van der Waals surface area (Å²) < 4.78 is 1.55. The van der Waals surface area contributed by atoms with E-state index in [1.165, 1.54) is 0 Å². The maximum Gasteiger partial charge on any atom is 0.261 e. The van der Waals surface area contributed by atoms with Crippen molar-refractivity contribution in [3.63, 3.8) is 0 Å². The molecule has 0 atom stereocenters. The summed E-state index contributed by atoms with van der Waals surface area (Å²) in [5, 5.41) is 3.36. The zero-order valence-electron chi connectivity index (χ0n) is 14.3. The van der Waals surface area contributed by atoms with Crippen LogP contribution in [0.4, 0.5) is 5.82 Å². The fourth-order valence-electron chi connectivity index (χ4n) is 2.65. The van der Waals surface area contributed by atoms with Gasteiger partial charge in [0.15, 0.2) is 0 Å². The number of para-hydroxylation sites is 1. The van der Waals surface area contributed by atoms with Crippen LogP contribution in [0.2, 0.25) is 0 Å². The van der Waals surface area contributed by atoms with Crippen LogP contribution in [0.15, 0.2) is 47.7 Å². The summed E-state index contributed by atoms with van der Waals surface area (Å²) in [4.78, 5) is 33.0. The van der Waals surface area contributed by atoms with Crippen molar-refractivity contribution < 1.29 is 4.79 Å². The highest BCUT2D eigenvalue weighted by Crippen LogP contribution is 2.11. The third kappa shape index (κ3) is 3.91. The van der Waals surface area contributed by atoms with Crippen molar-refractivity contribution in [3.8, 4) is 0 Å². The summed E-state index contributed by atoms with van der Waals surface area (Å²) in [7, 11) is 0. The summed E-state index contributed by atoms with van der Waals surface area (Å²) >= 11 is 0. The van der Waals surface area contributed by atoms with Crippen LogP contribution in [0.3, 0.4) is 0 Å². The van der Waals surface area contributed by atoms with Gasteiger partial charge in [0.1, 0.15) is 5.82 Å². The van der Waals surface area contributed by atoms with Gasteiger partial charge in [-0.05, 0) is 43.5 Å². The molecule has 0 bridgehead atoms. The number of benzene rings is 1. The van der Waals surface area contributed by atoms with Crippen LogP contribution < -0.4 is 10.9 Å². The molecule has 3 aromatic rings. The summed E-state index contributed by atoms with van der Waals surface area (Å²) in [6, 6.07) is 9.23. The lowest BCUT2D eigenvalue weighted by Gasteiger charge is -2.08. The summed E-state index contributed by atoms with van der Waals surface area (Å²) in [6.45, 7) is 4.32. The van der Waals surface area contributed by atoms with Gasteiger partial charge in [-0.2, -0.15) is 0 Å². The minimum atomic E-state index is -0.117. The van der Waals surface area contributed by atoms with Gasteiger partial charge < -0.3 is 5.32 Å². The van der Waals surface area contributed by atoms with Crippen molar-refractivity contribution in [2.24, 2.45) is 0 Å². The number of aryl methyl sites for hydroxylation is 3. The smallest absolute Gasteiger partial charge is 0.261 e. The first-order valence-corrected chi connectivity index (χ1v) is 8.22. The largest absolute Gasteiger partial charge is 0.311 e. The molecule has 25 heavy (non-hydrogen) atoms. The maximum absolute atomic E-state index is 12.5. The molecule has 1 N–H and O–H groups in total. The first-order chi connectivity index (χ1) is 12.0. The van der Waals surface area contributed by atoms with E-state index in [0.29, 0.717) is 30.6 Å². The van der Waals surface area contributed by atoms with Crippen LogP contribution in [0, 0.1) is 13.8 Å². The first kappa shape index (κ1) is 16.8. The Morgan fingerprint density at radius 1 is 1.16 bits per heavy atom.